The first-order valence-corrected chi connectivity index (χ1v) is 9.75. The van der Waals surface area contributed by atoms with Crippen LogP contribution < -0.4 is 19.6 Å². The third-order valence-corrected chi connectivity index (χ3v) is 5.40. The van der Waals surface area contributed by atoms with E-state index in [0.29, 0.717) is 27.7 Å². The topological polar surface area (TPSA) is 77.1 Å². The minimum absolute atomic E-state index is 0.161. The van der Waals surface area contributed by atoms with Crippen LogP contribution in [-0.4, -0.2) is 42.5 Å². The average molecular weight is 448 g/mol. The highest BCUT2D eigenvalue weighted by molar-refractivity contribution is 8.26. The van der Waals surface area contributed by atoms with Crippen LogP contribution in [0.5, 0.6) is 17.2 Å². The maximum atomic E-state index is 13.0. The van der Waals surface area contributed by atoms with E-state index in [1.54, 1.807) is 18.2 Å². The Morgan fingerprint density at radius 3 is 2.23 bits per heavy atom. The van der Waals surface area contributed by atoms with Crippen LogP contribution >= 0.6 is 24.0 Å². The van der Waals surface area contributed by atoms with Crippen molar-refractivity contribution >= 4 is 46.2 Å². The molecule has 0 radical (unpaired) electrons. The molecule has 2 aromatic rings. The molecular formula is C20H17FN2O5S2. The van der Waals surface area contributed by atoms with Gasteiger partial charge in [-0.2, -0.15) is 5.01 Å². The van der Waals surface area contributed by atoms with Crippen molar-refractivity contribution in [1.82, 2.24) is 10.4 Å². The van der Waals surface area contributed by atoms with Crippen molar-refractivity contribution in [3.8, 4) is 17.2 Å². The summed E-state index contributed by atoms with van der Waals surface area (Å²) in [4.78, 5) is 25.4. The Kier molecular flexibility index (Phi) is 6.58. The second-order valence-electron chi connectivity index (χ2n) is 5.92. The van der Waals surface area contributed by atoms with Crippen molar-refractivity contribution in [1.29, 1.82) is 0 Å². The summed E-state index contributed by atoms with van der Waals surface area (Å²) in [7, 11) is 4.48. The fourth-order valence-electron chi connectivity index (χ4n) is 2.67. The summed E-state index contributed by atoms with van der Waals surface area (Å²) in [6.45, 7) is 0. The molecule has 3 rings (SSSR count). The number of carbonyl (C=O) groups excluding carboxylic acids is 2. The second kappa shape index (κ2) is 9.14. The summed E-state index contributed by atoms with van der Waals surface area (Å²) in [5, 5.41) is 0.982. The highest BCUT2D eigenvalue weighted by atomic mass is 32.2. The van der Waals surface area contributed by atoms with Crippen LogP contribution in [0.4, 0.5) is 4.39 Å². The summed E-state index contributed by atoms with van der Waals surface area (Å²) in [5.74, 6) is -0.248. The van der Waals surface area contributed by atoms with Gasteiger partial charge in [0.15, 0.2) is 15.8 Å². The number of hydrogen-bond acceptors (Lipinski definition) is 7. The molecule has 0 spiro atoms. The standard InChI is InChI=1S/C20H17FN2O5S2/c1-26-14-8-11(9-15(27-2)17(14)28-3)10-16-19(25)23(20(29)30-16)22-18(24)12-4-6-13(21)7-5-12/h4-10H,1-3H3,(H,22,24)/b16-10-. The number of nitrogens with zero attached hydrogens (tertiary/aromatic N) is 1. The molecule has 0 bridgehead atoms. The van der Waals surface area contributed by atoms with Gasteiger partial charge in [0, 0.05) is 5.56 Å². The van der Waals surface area contributed by atoms with E-state index < -0.39 is 17.6 Å². The molecule has 0 saturated carbocycles. The van der Waals surface area contributed by atoms with Gasteiger partial charge >= 0.3 is 0 Å². The normalized spacial score (nSPS) is 14.8. The van der Waals surface area contributed by atoms with Crippen molar-refractivity contribution in [2.24, 2.45) is 0 Å². The van der Waals surface area contributed by atoms with Gasteiger partial charge in [0.05, 0.1) is 26.2 Å². The molecule has 0 aromatic heterocycles. The van der Waals surface area contributed by atoms with Gasteiger partial charge in [-0.3, -0.25) is 15.0 Å². The molecule has 1 aliphatic rings. The van der Waals surface area contributed by atoms with Gasteiger partial charge in [0.1, 0.15) is 5.82 Å². The Balaban J connectivity index is 1.84. The molecule has 1 fully saturated rings. The lowest BCUT2D eigenvalue weighted by Gasteiger charge is -2.15. The molecule has 0 unspecified atom stereocenters. The molecule has 1 heterocycles. The monoisotopic (exact) mass is 448 g/mol. The largest absolute Gasteiger partial charge is 0.493 e. The summed E-state index contributed by atoms with van der Waals surface area (Å²) < 4.78 is 29.1. The lowest BCUT2D eigenvalue weighted by molar-refractivity contribution is -0.123. The number of thioether (sulfide) groups is 1. The van der Waals surface area contributed by atoms with Crippen LogP contribution in [0.15, 0.2) is 41.3 Å². The number of thiocarbonyl (C=S) groups is 1. The van der Waals surface area contributed by atoms with E-state index in [2.05, 4.69) is 5.43 Å². The first-order valence-electron chi connectivity index (χ1n) is 8.52. The Morgan fingerprint density at radius 1 is 1.10 bits per heavy atom. The van der Waals surface area contributed by atoms with E-state index in [1.165, 1.54) is 33.5 Å². The molecule has 30 heavy (non-hydrogen) atoms. The predicted molar refractivity (Wildman–Crippen MR) is 115 cm³/mol. The molecule has 1 N–H and O–H groups in total. The number of rotatable bonds is 6. The average Bonchev–Trinajstić information content (AvgIpc) is 3.00. The zero-order chi connectivity index (χ0) is 21.8. The van der Waals surface area contributed by atoms with E-state index in [-0.39, 0.29) is 9.88 Å². The predicted octanol–water partition coefficient (Wildman–Crippen LogP) is 3.40. The highest BCUT2D eigenvalue weighted by Gasteiger charge is 2.34. The van der Waals surface area contributed by atoms with Gasteiger partial charge in [-0.15, -0.1) is 0 Å². The number of halogens is 1. The Bertz CT molecular complexity index is 1010. The van der Waals surface area contributed by atoms with Crippen LogP contribution in [0, 0.1) is 5.82 Å². The maximum Gasteiger partial charge on any atom is 0.285 e. The molecule has 0 atom stereocenters. The highest BCUT2D eigenvalue weighted by Crippen LogP contribution is 2.40. The fourth-order valence-corrected chi connectivity index (χ4v) is 3.85. The van der Waals surface area contributed by atoms with Crippen LogP contribution in [-0.2, 0) is 4.79 Å². The van der Waals surface area contributed by atoms with Crippen LogP contribution in [0.2, 0.25) is 0 Å². The molecule has 2 aromatic carbocycles. The number of nitrogens with one attached hydrogen (secondary N) is 1. The first-order chi connectivity index (χ1) is 14.4. The van der Waals surface area contributed by atoms with E-state index in [1.807, 2.05) is 0 Å². The molecule has 1 aliphatic heterocycles. The van der Waals surface area contributed by atoms with Gasteiger partial charge in [0.2, 0.25) is 5.75 Å². The summed E-state index contributed by atoms with van der Waals surface area (Å²) in [5.41, 5.74) is 3.26. The van der Waals surface area contributed by atoms with Crippen molar-refractivity contribution in [2.45, 2.75) is 0 Å². The van der Waals surface area contributed by atoms with Gasteiger partial charge in [-0.05, 0) is 60.3 Å². The smallest absolute Gasteiger partial charge is 0.285 e. The second-order valence-corrected chi connectivity index (χ2v) is 7.60. The van der Waals surface area contributed by atoms with Crippen LogP contribution in [0.1, 0.15) is 15.9 Å². The number of methoxy groups -OCH3 is 3. The lowest BCUT2D eigenvalue weighted by atomic mass is 10.1. The number of carbonyl (C=O) groups is 2. The first kappa shape index (κ1) is 21.6. The van der Waals surface area contributed by atoms with Crippen LogP contribution in [0.25, 0.3) is 6.08 Å². The lowest BCUT2D eigenvalue weighted by Crippen LogP contribution is -2.44. The van der Waals surface area contributed by atoms with Gasteiger partial charge in [-0.25, -0.2) is 4.39 Å². The molecule has 1 saturated heterocycles. The number of hydrogen-bond donors (Lipinski definition) is 1. The van der Waals surface area contributed by atoms with Gasteiger partial charge in [0.25, 0.3) is 11.8 Å². The summed E-state index contributed by atoms with van der Waals surface area (Å²) >= 11 is 6.25. The minimum Gasteiger partial charge on any atom is -0.493 e. The zero-order valence-electron chi connectivity index (χ0n) is 16.2. The van der Waals surface area contributed by atoms with E-state index in [4.69, 9.17) is 26.4 Å². The van der Waals surface area contributed by atoms with Crippen molar-refractivity contribution < 1.29 is 28.2 Å². The number of hydrazine groups is 1. The maximum absolute atomic E-state index is 13.0. The van der Waals surface area contributed by atoms with Gasteiger partial charge < -0.3 is 14.2 Å². The third-order valence-electron chi connectivity index (χ3n) is 4.10. The molecule has 156 valence electrons. The fraction of sp³-hybridized carbons (Fsp3) is 0.150. The summed E-state index contributed by atoms with van der Waals surface area (Å²) in [6, 6.07) is 8.31. The minimum atomic E-state index is -0.583. The molecule has 10 heteroatoms. The molecule has 7 nitrogen and oxygen atoms in total. The van der Waals surface area contributed by atoms with Crippen molar-refractivity contribution in [2.75, 3.05) is 21.3 Å². The Morgan fingerprint density at radius 2 is 1.70 bits per heavy atom. The van der Waals surface area contributed by atoms with Gasteiger partial charge in [-0.1, -0.05) is 11.8 Å². The number of ether oxygens (including phenoxy) is 3. The molecule has 0 aliphatic carbocycles. The van der Waals surface area contributed by atoms with Crippen LogP contribution in [0.3, 0.4) is 0 Å². The number of benzene rings is 2. The third kappa shape index (κ3) is 4.39. The van der Waals surface area contributed by atoms with E-state index in [0.717, 1.165) is 28.9 Å². The van der Waals surface area contributed by atoms with E-state index >= 15 is 0 Å². The Labute approximate surface area is 181 Å². The SMILES string of the molecule is COc1cc(/C=C2\SC(=S)N(NC(=O)c3ccc(F)cc3)C2=O)cc(OC)c1OC. The zero-order valence-corrected chi connectivity index (χ0v) is 17.9. The van der Waals surface area contributed by atoms with Crippen molar-refractivity contribution in [3.05, 3.63) is 58.2 Å². The Hall–Kier alpha value is -3.11. The number of amides is 2. The van der Waals surface area contributed by atoms with Crippen molar-refractivity contribution in [3.63, 3.8) is 0 Å². The van der Waals surface area contributed by atoms with E-state index in [9.17, 15) is 14.0 Å². The summed E-state index contributed by atoms with van der Waals surface area (Å²) in [6.07, 6.45) is 1.60. The quantitative estimate of drug-likeness (QED) is 0.536. The molecule has 2 amide bonds. The molecular weight excluding hydrogens is 431 g/mol.